The van der Waals surface area contributed by atoms with Crippen molar-refractivity contribution in [3.63, 3.8) is 0 Å². The van der Waals surface area contributed by atoms with Gasteiger partial charge in [0.2, 0.25) is 0 Å². The summed E-state index contributed by atoms with van der Waals surface area (Å²) in [5.74, 6) is -0.445. The lowest BCUT2D eigenvalue weighted by Gasteiger charge is -2.11. The second kappa shape index (κ2) is 9.86. The maximum atomic E-state index is 13.5. The van der Waals surface area contributed by atoms with E-state index in [1.165, 1.54) is 32.4 Å². The number of carbonyl (C=O) groups excluding carboxylic acids is 2. The van der Waals surface area contributed by atoms with Crippen molar-refractivity contribution < 1.29 is 27.9 Å². The fourth-order valence-corrected chi connectivity index (χ4v) is 3.35. The molecule has 2 amide bonds. The lowest BCUT2D eigenvalue weighted by Crippen LogP contribution is -2.16. The topological polar surface area (TPSA) is 103 Å². The zero-order chi connectivity index (χ0) is 24.1. The first-order valence-corrected chi connectivity index (χ1v) is 10.1. The van der Waals surface area contributed by atoms with E-state index in [1.807, 2.05) is 0 Å². The van der Waals surface area contributed by atoms with Crippen LogP contribution in [0.25, 0.3) is 11.3 Å². The smallest absolute Gasteiger partial charge is 0.278 e. The molecule has 4 aromatic rings. The molecule has 1 aromatic heterocycles. The normalized spacial score (nSPS) is 10.4. The molecule has 172 valence electrons. The molecule has 8 nitrogen and oxygen atoms in total. The Morgan fingerprint density at radius 1 is 0.853 bits per heavy atom. The number of nitrogens with zero attached hydrogens (tertiary/aromatic N) is 1. The average molecular weight is 461 g/mol. The zero-order valence-electron chi connectivity index (χ0n) is 18.3. The number of oxazole rings is 1. The Balaban J connectivity index is 1.61. The van der Waals surface area contributed by atoms with Crippen molar-refractivity contribution >= 4 is 23.2 Å². The molecular formula is C25H20FN3O5. The molecule has 0 atom stereocenters. The van der Waals surface area contributed by atoms with Gasteiger partial charge in [-0.1, -0.05) is 24.3 Å². The Bertz CT molecular complexity index is 1350. The van der Waals surface area contributed by atoms with Crippen molar-refractivity contribution in [2.24, 2.45) is 0 Å². The molecule has 9 heteroatoms. The van der Waals surface area contributed by atoms with Gasteiger partial charge in [0, 0.05) is 23.0 Å². The van der Waals surface area contributed by atoms with Crippen LogP contribution >= 0.6 is 0 Å². The highest BCUT2D eigenvalue weighted by Gasteiger charge is 2.23. The fourth-order valence-electron chi connectivity index (χ4n) is 3.35. The van der Waals surface area contributed by atoms with Gasteiger partial charge in [0.1, 0.15) is 5.82 Å². The van der Waals surface area contributed by atoms with Gasteiger partial charge in [0.15, 0.2) is 29.3 Å². The number of anilines is 2. The summed E-state index contributed by atoms with van der Waals surface area (Å²) in [4.78, 5) is 30.0. The second-order valence-electron chi connectivity index (χ2n) is 7.06. The molecule has 0 aliphatic heterocycles. The van der Waals surface area contributed by atoms with Crippen LogP contribution in [0.2, 0.25) is 0 Å². The number of benzene rings is 3. The van der Waals surface area contributed by atoms with Crippen LogP contribution in [0.5, 0.6) is 11.5 Å². The molecular weight excluding hydrogens is 441 g/mol. The van der Waals surface area contributed by atoms with E-state index in [2.05, 4.69) is 15.6 Å². The van der Waals surface area contributed by atoms with Crippen LogP contribution in [0.1, 0.15) is 20.8 Å². The molecule has 0 bridgehead atoms. The molecule has 2 N–H and O–H groups in total. The first-order valence-electron chi connectivity index (χ1n) is 10.1. The van der Waals surface area contributed by atoms with Crippen LogP contribution in [-0.2, 0) is 0 Å². The van der Waals surface area contributed by atoms with Gasteiger partial charge in [-0.25, -0.2) is 9.37 Å². The van der Waals surface area contributed by atoms with E-state index in [-0.39, 0.29) is 17.0 Å². The van der Waals surface area contributed by atoms with Gasteiger partial charge in [0.25, 0.3) is 11.8 Å². The monoisotopic (exact) mass is 461 g/mol. The standard InChI is InChI=1S/C25H20FN3O5/c1-32-20-11-10-17(13-21(20)33-2)29-25(31)22-23(34-14-27-22)18-8-3-4-9-19(18)24(30)28-16-7-5-6-15(26)12-16/h3-14H,1-2H3,(H,28,30)(H,29,31). The van der Waals surface area contributed by atoms with E-state index in [0.717, 1.165) is 6.39 Å². The molecule has 4 rings (SSSR count). The Labute approximate surface area is 194 Å². The van der Waals surface area contributed by atoms with E-state index in [0.29, 0.717) is 28.4 Å². The van der Waals surface area contributed by atoms with E-state index in [1.54, 1.807) is 48.5 Å². The van der Waals surface area contributed by atoms with Crippen LogP contribution in [0, 0.1) is 5.82 Å². The molecule has 0 saturated carbocycles. The largest absolute Gasteiger partial charge is 0.493 e. The molecule has 0 aliphatic rings. The van der Waals surface area contributed by atoms with Gasteiger partial charge >= 0.3 is 0 Å². The summed E-state index contributed by atoms with van der Waals surface area (Å²) in [7, 11) is 3.00. The fraction of sp³-hybridized carbons (Fsp3) is 0.0800. The van der Waals surface area contributed by atoms with Gasteiger partial charge in [-0.2, -0.15) is 0 Å². The number of aromatic nitrogens is 1. The van der Waals surface area contributed by atoms with Crippen LogP contribution in [0.4, 0.5) is 15.8 Å². The predicted molar refractivity (Wildman–Crippen MR) is 124 cm³/mol. The summed E-state index contributed by atoms with van der Waals surface area (Å²) in [5.41, 5.74) is 1.31. The van der Waals surface area contributed by atoms with E-state index < -0.39 is 17.6 Å². The van der Waals surface area contributed by atoms with Crippen molar-refractivity contribution in [1.29, 1.82) is 0 Å². The third kappa shape index (κ3) is 4.73. The molecule has 0 fully saturated rings. The molecule has 1 heterocycles. The van der Waals surface area contributed by atoms with Crippen LogP contribution < -0.4 is 20.1 Å². The number of hydrogen-bond donors (Lipinski definition) is 2. The molecule has 0 spiro atoms. The quantitative estimate of drug-likeness (QED) is 0.401. The van der Waals surface area contributed by atoms with Crippen molar-refractivity contribution in [1.82, 2.24) is 4.98 Å². The van der Waals surface area contributed by atoms with Crippen LogP contribution in [-0.4, -0.2) is 31.0 Å². The van der Waals surface area contributed by atoms with E-state index in [4.69, 9.17) is 13.9 Å². The number of ether oxygens (including phenoxy) is 2. The Hall–Kier alpha value is -4.66. The Morgan fingerprint density at radius 3 is 2.35 bits per heavy atom. The molecule has 34 heavy (non-hydrogen) atoms. The minimum Gasteiger partial charge on any atom is -0.493 e. The van der Waals surface area contributed by atoms with E-state index in [9.17, 15) is 14.0 Å². The van der Waals surface area contributed by atoms with Gasteiger partial charge < -0.3 is 24.5 Å². The van der Waals surface area contributed by atoms with Gasteiger partial charge in [-0.05, 0) is 36.4 Å². The molecule has 0 saturated heterocycles. The number of hydrogen-bond acceptors (Lipinski definition) is 6. The summed E-state index contributed by atoms with van der Waals surface area (Å²) >= 11 is 0. The summed E-state index contributed by atoms with van der Waals surface area (Å²) in [6.45, 7) is 0. The lowest BCUT2D eigenvalue weighted by atomic mass is 10.0. The number of rotatable bonds is 7. The number of carbonyl (C=O) groups is 2. The van der Waals surface area contributed by atoms with Crippen LogP contribution in [0.15, 0.2) is 77.5 Å². The first kappa shape index (κ1) is 22.5. The number of methoxy groups -OCH3 is 2. The highest BCUT2D eigenvalue weighted by atomic mass is 19.1. The summed E-state index contributed by atoms with van der Waals surface area (Å²) in [5, 5.41) is 5.38. The van der Waals surface area contributed by atoms with Crippen molar-refractivity contribution in [2.45, 2.75) is 0 Å². The van der Waals surface area contributed by atoms with Gasteiger partial charge in [0.05, 0.1) is 19.8 Å². The summed E-state index contributed by atoms with van der Waals surface area (Å²) in [6.07, 6.45) is 1.13. The minimum absolute atomic E-state index is 0.0132. The number of halogens is 1. The lowest BCUT2D eigenvalue weighted by molar-refractivity contribution is 0.101. The minimum atomic E-state index is -0.545. The SMILES string of the molecule is COc1ccc(NC(=O)c2ncoc2-c2ccccc2C(=O)Nc2cccc(F)c2)cc1OC. The van der Waals surface area contributed by atoms with Gasteiger partial charge in [-0.15, -0.1) is 0 Å². The Morgan fingerprint density at radius 2 is 1.59 bits per heavy atom. The van der Waals surface area contributed by atoms with Crippen molar-refractivity contribution in [2.75, 3.05) is 24.9 Å². The first-order chi connectivity index (χ1) is 16.5. The molecule has 0 unspecified atom stereocenters. The molecule has 0 radical (unpaired) electrons. The number of amides is 2. The highest BCUT2D eigenvalue weighted by molar-refractivity contribution is 6.11. The third-order valence-corrected chi connectivity index (χ3v) is 4.92. The van der Waals surface area contributed by atoms with Gasteiger partial charge in [-0.3, -0.25) is 9.59 Å². The number of nitrogens with one attached hydrogen (secondary N) is 2. The van der Waals surface area contributed by atoms with E-state index >= 15 is 0 Å². The van der Waals surface area contributed by atoms with Crippen molar-refractivity contribution in [3.05, 3.63) is 90.2 Å². The maximum Gasteiger partial charge on any atom is 0.278 e. The van der Waals surface area contributed by atoms with Crippen molar-refractivity contribution in [3.8, 4) is 22.8 Å². The average Bonchev–Trinajstić information content (AvgIpc) is 3.34. The Kier molecular flexibility index (Phi) is 6.54. The third-order valence-electron chi connectivity index (χ3n) is 4.92. The maximum absolute atomic E-state index is 13.5. The molecule has 3 aromatic carbocycles. The van der Waals surface area contributed by atoms with Crippen LogP contribution in [0.3, 0.4) is 0 Å². The summed E-state index contributed by atoms with van der Waals surface area (Å²) < 4.78 is 29.5. The highest BCUT2D eigenvalue weighted by Crippen LogP contribution is 2.31. The predicted octanol–water partition coefficient (Wildman–Crippen LogP) is 5.00. The summed E-state index contributed by atoms with van der Waals surface area (Å²) in [6, 6.07) is 17.0. The zero-order valence-corrected chi connectivity index (χ0v) is 18.3. The molecule has 0 aliphatic carbocycles. The second-order valence-corrected chi connectivity index (χ2v) is 7.06.